The molecule has 0 spiro atoms. The Labute approximate surface area is 141 Å². The lowest BCUT2D eigenvalue weighted by Crippen LogP contribution is -2.35. The minimum Gasteiger partial charge on any atom is -0.377 e. The second-order valence-corrected chi connectivity index (χ2v) is 5.55. The molecule has 0 bridgehead atoms. The van der Waals surface area contributed by atoms with Gasteiger partial charge in [-0.2, -0.15) is 0 Å². The molecule has 0 aliphatic carbocycles. The molecule has 1 aliphatic heterocycles. The third kappa shape index (κ3) is 7.47. The maximum Gasteiger partial charge on any atom is 0.253 e. The van der Waals surface area contributed by atoms with Crippen LogP contribution in [-0.2, 0) is 28.7 Å². The lowest BCUT2D eigenvalue weighted by molar-refractivity contribution is -0.137. The number of Topliss-reactive ketones (excluding diaryl/α,β-unsaturated/α-hetero) is 1. The van der Waals surface area contributed by atoms with Gasteiger partial charge in [0.15, 0.2) is 5.78 Å². The number of ether oxygens (including phenoxy) is 2. The second-order valence-electron chi connectivity index (χ2n) is 5.55. The van der Waals surface area contributed by atoms with Gasteiger partial charge in [-0.15, -0.1) is 0 Å². The smallest absolute Gasteiger partial charge is 0.253 e. The average Bonchev–Trinajstić information content (AvgIpc) is 2.86. The lowest BCUT2D eigenvalue weighted by atomic mass is 10.1. The first kappa shape index (κ1) is 20.0. The molecule has 8 heteroatoms. The molecule has 1 aliphatic rings. The topological polar surface area (TPSA) is 102 Å². The number of ketones is 1. The molecule has 8 nitrogen and oxygen atoms in total. The van der Waals surface area contributed by atoms with Crippen LogP contribution in [-0.4, -0.2) is 67.9 Å². The van der Waals surface area contributed by atoms with Crippen LogP contribution in [0.25, 0.3) is 0 Å². The zero-order chi connectivity index (χ0) is 17.9. The highest BCUT2D eigenvalue weighted by Gasteiger charge is 2.23. The van der Waals surface area contributed by atoms with E-state index in [1.807, 2.05) is 13.8 Å². The van der Waals surface area contributed by atoms with Gasteiger partial charge in [0.25, 0.3) is 11.8 Å². The van der Waals surface area contributed by atoms with Crippen molar-refractivity contribution in [1.82, 2.24) is 10.2 Å². The first-order valence-electron chi connectivity index (χ1n) is 7.90. The molecule has 0 saturated heterocycles. The van der Waals surface area contributed by atoms with Gasteiger partial charge in [-0.1, -0.05) is 13.8 Å². The van der Waals surface area contributed by atoms with E-state index in [0.29, 0.717) is 26.4 Å². The van der Waals surface area contributed by atoms with Crippen molar-refractivity contribution in [1.29, 1.82) is 0 Å². The van der Waals surface area contributed by atoms with E-state index in [1.165, 1.54) is 12.2 Å². The monoisotopic (exact) mass is 340 g/mol. The molecular weight excluding hydrogens is 316 g/mol. The van der Waals surface area contributed by atoms with E-state index in [2.05, 4.69) is 5.32 Å². The van der Waals surface area contributed by atoms with Gasteiger partial charge >= 0.3 is 0 Å². The number of rotatable bonds is 12. The molecule has 1 rings (SSSR count). The van der Waals surface area contributed by atoms with Crippen LogP contribution < -0.4 is 5.32 Å². The number of carbonyl (C=O) groups is 4. The molecule has 0 fully saturated rings. The standard InChI is InChI=1S/C16H24N2O6/c1-12(2)13(19)11-24-10-9-23-8-6-17-14(20)5-7-18-15(21)3-4-16(18)22/h3-4,12H,5-11H2,1-2H3,(H,17,20). The van der Waals surface area contributed by atoms with Crippen LogP contribution in [0.15, 0.2) is 12.2 Å². The van der Waals surface area contributed by atoms with Crippen molar-refractivity contribution in [3.05, 3.63) is 12.2 Å². The summed E-state index contributed by atoms with van der Waals surface area (Å²) in [5, 5.41) is 2.63. The van der Waals surface area contributed by atoms with Crippen LogP contribution in [0.3, 0.4) is 0 Å². The summed E-state index contributed by atoms with van der Waals surface area (Å²) >= 11 is 0. The van der Waals surface area contributed by atoms with E-state index in [1.54, 1.807) is 0 Å². The summed E-state index contributed by atoms with van der Waals surface area (Å²) in [4.78, 5) is 46.5. The molecule has 0 atom stereocenters. The van der Waals surface area contributed by atoms with E-state index >= 15 is 0 Å². The molecular formula is C16H24N2O6. The van der Waals surface area contributed by atoms with E-state index in [4.69, 9.17) is 9.47 Å². The number of imide groups is 1. The predicted molar refractivity (Wildman–Crippen MR) is 85.0 cm³/mol. The highest BCUT2D eigenvalue weighted by atomic mass is 16.5. The maximum atomic E-state index is 11.6. The molecule has 3 amide bonds. The van der Waals surface area contributed by atoms with E-state index < -0.39 is 11.8 Å². The summed E-state index contributed by atoms with van der Waals surface area (Å²) in [5.74, 6) is -1.04. The summed E-state index contributed by atoms with van der Waals surface area (Å²) in [6.45, 7) is 5.08. The SMILES string of the molecule is CC(C)C(=O)COCCOCCNC(=O)CCN1C(=O)C=CC1=O. The fourth-order valence-electron chi connectivity index (χ4n) is 1.78. The molecule has 0 radical (unpaired) electrons. The molecule has 0 unspecified atom stereocenters. The molecule has 24 heavy (non-hydrogen) atoms. The summed E-state index contributed by atoms with van der Waals surface area (Å²) < 4.78 is 10.4. The van der Waals surface area contributed by atoms with Crippen LogP contribution in [0.5, 0.6) is 0 Å². The van der Waals surface area contributed by atoms with Crippen LogP contribution >= 0.6 is 0 Å². The zero-order valence-electron chi connectivity index (χ0n) is 14.1. The number of hydrogen-bond donors (Lipinski definition) is 1. The molecule has 0 aromatic heterocycles. The van der Waals surface area contributed by atoms with Crippen molar-refractivity contribution < 1.29 is 28.7 Å². The third-order valence-corrected chi connectivity index (χ3v) is 3.29. The Bertz CT molecular complexity index is 483. The fourth-order valence-corrected chi connectivity index (χ4v) is 1.78. The Hall–Kier alpha value is -2.06. The highest BCUT2D eigenvalue weighted by molar-refractivity contribution is 6.13. The predicted octanol–water partition coefficient (Wildman–Crippen LogP) is -0.324. The maximum absolute atomic E-state index is 11.6. The Kier molecular flexibility index (Phi) is 8.88. The van der Waals surface area contributed by atoms with E-state index in [-0.39, 0.29) is 37.2 Å². The molecule has 1 N–H and O–H groups in total. The molecule has 1 heterocycles. The Morgan fingerprint density at radius 1 is 1.08 bits per heavy atom. The van der Waals surface area contributed by atoms with Crippen molar-refractivity contribution >= 4 is 23.5 Å². The van der Waals surface area contributed by atoms with Gasteiger partial charge in [0.1, 0.15) is 6.61 Å². The molecule has 0 saturated carbocycles. The van der Waals surface area contributed by atoms with Crippen LogP contribution in [0, 0.1) is 5.92 Å². The molecule has 0 aromatic rings. The van der Waals surface area contributed by atoms with Crippen molar-refractivity contribution in [3.8, 4) is 0 Å². The van der Waals surface area contributed by atoms with Gasteiger partial charge < -0.3 is 14.8 Å². The van der Waals surface area contributed by atoms with Crippen LogP contribution in [0.2, 0.25) is 0 Å². The molecule has 134 valence electrons. The number of amides is 3. The zero-order valence-corrected chi connectivity index (χ0v) is 14.1. The van der Waals surface area contributed by atoms with Gasteiger partial charge in [-0.05, 0) is 0 Å². The summed E-state index contributed by atoms with van der Waals surface area (Å²) in [6.07, 6.45) is 2.43. The molecule has 0 aromatic carbocycles. The van der Waals surface area contributed by atoms with E-state index in [0.717, 1.165) is 4.90 Å². The van der Waals surface area contributed by atoms with Gasteiger partial charge in [0.05, 0.1) is 19.8 Å². The normalized spacial score (nSPS) is 13.9. The van der Waals surface area contributed by atoms with Crippen LogP contribution in [0.4, 0.5) is 0 Å². The number of nitrogens with one attached hydrogen (secondary N) is 1. The second kappa shape index (κ2) is 10.7. The quantitative estimate of drug-likeness (QED) is 0.386. The third-order valence-electron chi connectivity index (χ3n) is 3.29. The summed E-state index contributed by atoms with van der Waals surface area (Å²) in [6, 6.07) is 0. The Morgan fingerprint density at radius 3 is 2.33 bits per heavy atom. The minimum absolute atomic E-state index is 0.0388. The van der Waals surface area contributed by atoms with Crippen molar-refractivity contribution in [2.75, 3.05) is 39.5 Å². The van der Waals surface area contributed by atoms with Crippen molar-refractivity contribution in [3.63, 3.8) is 0 Å². The fraction of sp³-hybridized carbons (Fsp3) is 0.625. The Morgan fingerprint density at radius 2 is 1.71 bits per heavy atom. The Balaban J connectivity index is 1.96. The lowest BCUT2D eigenvalue weighted by Gasteiger charge is -2.13. The van der Waals surface area contributed by atoms with Gasteiger partial charge in [0, 0.05) is 37.6 Å². The largest absolute Gasteiger partial charge is 0.377 e. The summed E-state index contributed by atoms with van der Waals surface area (Å²) in [5.41, 5.74) is 0. The number of hydrogen-bond acceptors (Lipinski definition) is 6. The van der Waals surface area contributed by atoms with Crippen LogP contribution in [0.1, 0.15) is 20.3 Å². The van der Waals surface area contributed by atoms with Gasteiger partial charge in [0.2, 0.25) is 5.91 Å². The highest BCUT2D eigenvalue weighted by Crippen LogP contribution is 2.03. The summed E-state index contributed by atoms with van der Waals surface area (Å²) in [7, 11) is 0. The number of carbonyl (C=O) groups excluding carboxylic acids is 4. The average molecular weight is 340 g/mol. The van der Waals surface area contributed by atoms with Gasteiger partial charge in [-0.3, -0.25) is 24.1 Å². The van der Waals surface area contributed by atoms with E-state index in [9.17, 15) is 19.2 Å². The van der Waals surface area contributed by atoms with Crippen molar-refractivity contribution in [2.24, 2.45) is 5.92 Å². The minimum atomic E-state index is -0.396. The first-order chi connectivity index (χ1) is 11.4. The van der Waals surface area contributed by atoms with Gasteiger partial charge in [-0.25, -0.2) is 0 Å². The van der Waals surface area contributed by atoms with Crippen molar-refractivity contribution in [2.45, 2.75) is 20.3 Å². The first-order valence-corrected chi connectivity index (χ1v) is 7.90. The number of nitrogens with zero attached hydrogens (tertiary/aromatic N) is 1.